The lowest BCUT2D eigenvalue weighted by Crippen LogP contribution is -2.41. The number of hydrogen-bond donors (Lipinski definition) is 0. The van der Waals surface area contributed by atoms with Gasteiger partial charge in [-0.05, 0) is 26.3 Å². The van der Waals surface area contributed by atoms with Gasteiger partial charge in [0.2, 0.25) is 5.91 Å². The molecule has 0 saturated heterocycles. The van der Waals surface area contributed by atoms with E-state index in [0.717, 1.165) is 5.56 Å². The second-order valence-electron chi connectivity index (χ2n) is 6.54. The molecule has 1 amide bonds. The molecule has 0 fully saturated rings. The lowest BCUT2D eigenvalue weighted by Gasteiger charge is -2.28. The van der Waals surface area contributed by atoms with Gasteiger partial charge in [0.05, 0.1) is 6.54 Å². The molecule has 1 aliphatic rings. The minimum Gasteiger partial charge on any atom is -0.455 e. The molecule has 1 aliphatic heterocycles. The van der Waals surface area contributed by atoms with Gasteiger partial charge in [0.1, 0.15) is 11.3 Å². The van der Waals surface area contributed by atoms with Crippen LogP contribution in [0.4, 0.5) is 0 Å². The molecule has 22 heavy (non-hydrogen) atoms. The highest BCUT2D eigenvalue weighted by Gasteiger charge is 2.32. The molecule has 5 heteroatoms. The Morgan fingerprint density at radius 1 is 1.32 bits per heavy atom. The summed E-state index contributed by atoms with van der Waals surface area (Å²) >= 11 is 0. The molecule has 1 heterocycles. The zero-order valence-electron chi connectivity index (χ0n) is 13.5. The molecule has 1 aromatic rings. The minimum atomic E-state index is -0.575. The van der Waals surface area contributed by atoms with Gasteiger partial charge in [-0.3, -0.25) is 4.79 Å². The fourth-order valence-electron chi connectivity index (χ4n) is 2.20. The first kappa shape index (κ1) is 16.2. The standard InChI is InChI=1S/C17H22N2O3/c1-12-10-14(16(21)22-17(2,3)4)18-19(15(12)20)11-13-8-6-5-7-9-13/h5-9,12H,10-11H2,1-4H3/t12-/m1/s1. The van der Waals surface area contributed by atoms with Crippen molar-refractivity contribution in [3.05, 3.63) is 35.9 Å². The summed E-state index contributed by atoms with van der Waals surface area (Å²) in [6, 6.07) is 9.58. The number of carbonyl (C=O) groups excluding carboxylic acids is 2. The molecule has 118 valence electrons. The fraction of sp³-hybridized carbons (Fsp3) is 0.471. The lowest BCUT2D eigenvalue weighted by atomic mass is 10.0. The third-order valence-corrected chi connectivity index (χ3v) is 3.23. The Morgan fingerprint density at radius 3 is 2.55 bits per heavy atom. The normalized spacial score (nSPS) is 18.9. The van der Waals surface area contributed by atoms with Gasteiger partial charge in [-0.15, -0.1) is 0 Å². The maximum atomic E-state index is 12.2. The fourth-order valence-corrected chi connectivity index (χ4v) is 2.20. The molecule has 5 nitrogen and oxygen atoms in total. The van der Waals surface area contributed by atoms with Crippen LogP contribution >= 0.6 is 0 Å². The summed E-state index contributed by atoms with van der Waals surface area (Å²) in [4.78, 5) is 24.4. The van der Waals surface area contributed by atoms with E-state index in [1.54, 1.807) is 6.92 Å². The van der Waals surface area contributed by atoms with E-state index < -0.39 is 11.6 Å². The summed E-state index contributed by atoms with van der Waals surface area (Å²) in [6.07, 6.45) is 0.318. The Kier molecular flexibility index (Phi) is 4.64. The van der Waals surface area contributed by atoms with Crippen molar-refractivity contribution in [2.24, 2.45) is 11.0 Å². The molecule has 0 bridgehead atoms. The molecule has 0 aromatic heterocycles. The van der Waals surface area contributed by atoms with Crippen LogP contribution in [0.15, 0.2) is 35.4 Å². The van der Waals surface area contributed by atoms with Gasteiger partial charge in [-0.1, -0.05) is 37.3 Å². The van der Waals surface area contributed by atoms with Crippen molar-refractivity contribution in [2.45, 2.75) is 46.3 Å². The van der Waals surface area contributed by atoms with Crippen molar-refractivity contribution in [2.75, 3.05) is 0 Å². The topological polar surface area (TPSA) is 59.0 Å². The SMILES string of the molecule is C[C@@H]1CC(C(=O)OC(C)(C)C)=NN(Cc2ccccc2)C1=O. The number of nitrogens with zero attached hydrogens (tertiary/aromatic N) is 2. The first-order valence-corrected chi connectivity index (χ1v) is 7.42. The zero-order chi connectivity index (χ0) is 16.3. The predicted octanol–water partition coefficient (Wildman–Crippen LogP) is 2.75. The zero-order valence-corrected chi connectivity index (χ0v) is 13.5. The van der Waals surface area contributed by atoms with Crippen molar-refractivity contribution in [3.8, 4) is 0 Å². The number of ether oxygens (including phenoxy) is 1. The summed E-state index contributed by atoms with van der Waals surface area (Å²) in [7, 11) is 0. The maximum Gasteiger partial charge on any atom is 0.355 e. The van der Waals surface area contributed by atoms with E-state index in [9.17, 15) is 9.59 Å². The number of amides is 1. The number of carbonyl (C=O) groups is 2. The van der Waals surface area contributed by atoms with E-state index in [-0.39, 0.29) is 11.8 Å². The summed E-state index contributed by atoms with van der Waals surface area (Å²) in [5.74, 6) is -0.801. The van der Waals surface area contributed by atoms with Crippen molar-refractivity contribution >= 4 is 17.6 Å². The van der Waals surface area contributed by atoms with Crippen LogP contribution in [0.3, 0.4) is 0 Å². The van der Waals surface area contributed by atoms with Gasteiger partial charge in [0, 0.05) is 12.3 Å². The highest BCUT2D eigenvalue weighted by Crippen LogP contribution is 2.20. The largest absolute Gasteiger partial charge is 0.455 e. The van der Waals surface area contributed by atoms with Crippen LogP contribution < -0.4 is 0 Å². The molecule has 1 aromatic carbocycles. The molecule has 0 aliphatic carbocycles. The summed E-state index contributed by atoms with van der Waals surface area (Å²) in [5.41, 5.74) is 0.698. The van der Waals surface area contributed by atoms with Crippen molar-refractivity contribution in [1.29, 1.82) is 0 Å². The Balaban J connectivity index is 2.19. The molecule has 0 saturated carbocycles. The number of rotatable bonds is 3. The Bertz CT molecular complexity index is 588. The third kappa shape index (κ3) is 4.16. The number of hydrogen-bond acceptors (Lipinski definition) is 4. The highest BCUT2D eigenvalue weighted by atomic mass is 16.6. The molecular formula is C17H22N2O3. The molecular weight excluding hydrogens is 280 g/mol. The van der Waals surface area contributed by atoms with Gasteiger partial charge in [-0.2, -0.15) is 5.10 Å². The highest BCUT2D eigenvalue weighted by molar-refractivity contribution is 6.37. The van der Waals surface area contributed by atoms with Crippen molar-refractivity contribution in [3.63, 3.8) is 0 Å². The van der Waals surface area contributed by atoms with Crippen LogP contribution in [-0.2, 0) is 20.9 Å². The number of benzene rings is 1. The van der Waals surface area contributed by atoms with Crippen molar-refractivity contribution < 1.29 is 14.3 Å². The van der Waals surface area contributed by atoms with E-state index in [0.29, 0.717) is 18.7 Å². The Morgan fingerprint density at radius 2 is 1.95 bits per heavy atom. The van der Waals surface area contributed by atoms with Crippen LogP contribution in [0, 0.1) is 5.92 Å². The predicted molar refractivity (Wildman–Crippen MR) is 84.1 cm³/mol. The van der Waals surface area contributed by atoms with E-state index in [1.165, 1.54) is 5.01 Å². The first-order valence-electron chi connectivity index (χ1n) is 7.42. The van der Waals surface area contributed by atoms with E-state index >= 15 is 0 Å². The molecule has 0 spiro atoms. The van der Waals surface area contributed by atoms with Crippen LogP contribution in [-0.4, -0.2) is 28.2 Å². The summed E-state index contributed by atoms with van der Waals surface area (Å²) in [5, 5.41) is 5.58. The first-order chi connectivity index (χ1) is 10.3. The van der Waals surface area contributed by atoms with Crippen LogP contribution in [0.5, 0.6) is 0 Å². The van der Waals surface area contributed by atoms with Crippen molar-refractivity contribution in [1.82, 2.24) is 5.01 Å². The van der Waals surface area contributed by atoms with Gasteiger partial charge in [-0.25, -0.2) is 9.80 Å². The second-order valence-corrected chi connectivity index (χ2v) is 6.54. The average molecular weight is 302 g/mol. The molecule has 2 rings (SSSR count). The maximum absolute atomic E-state index is 12.2. The van der Waals surface area contributed by atoms with Crippen LogP contribution in [0.2, 0.25) is 0 Å². The van der Waals surface area contributed by atoms with Gasteiger partial charge in [0.15, 0.2) is 0 Å². The number of hydrazone groups is 1. The smallest absolute Gasteiger partial charge is 0.355 e. The third-order valence-electron chi connectivity index (χ3n) is 3.23. The molecule has 0 radical (unpaired) electrons. The quantitative estimate of drug-likeness (QED) is 0.807. The molecule has 0 unspecified atom stereocenters. The van der Waals surface area contributed by atoms with Gasteiger partial charge < -0.3 is 4.74 Å². The van der Waals surface area contributed by atoms with E-state index in [2.05, 4.69) is 5.10 Å². The second kappa shape index (κ2) is 6.30. The monoisotopic (exact) mass is 302 g/mol. The van der Waals surface area contributed by atoms with E-state index in [1.807, 2.05) is 51.1 Å². The van der Waals surface area contributed by atoms with Gasteiger partial charge >= 0.3 is 5.97 Å². The van der Waals surface area contributed by atoms with Gasteiger partial charge in [0.25, 0.3) is 0 Å². The average Bonchev–Trinajstić information content (AvgIpc) is 2.43. The molecule has 1 atom stereocenters. The Hall–Kier alpha value is -2.17. The van der Waals surface area contributed by atoms with Crippen LogP contribution in [0.1, 0.15) is 39.7 Å². The minimum absolute atomic E-state index is 0.0730. The Labute approximate surface area is 131 Å². The summed E-state index contributed by atoms with van der Waals surface area (Å²) in [6.45, 7) is 7.59. The summed E-state index contributed by atoms with van der Waals surface area (Å²) < 4.78 is 5.35. The lowest BCUT2D eigenvalue weighted by molar-refractivity contribution is -0.147. The van der Waals surface area contributed by atoms with Crippen LogP contribution in [0.25, 0.3) is 0 Å². The molecule has 0 N–H and O–H groups in total. The van der Waals surface area contributed by atoms with E-state index in [4.69, 9.17) is 4.74 Å². The number of esters is 1.